The zero-order valence-corrected chi connectivity index (χ0v) is 11.1. The summed E-state index contributed by atoms with van der Waals surface area (Å²) in [7, 11) is 0. The lowest BCUT2D eigenvalue weighted by atomic mass is 9.75. The summed E-state index contributed by atoms with van der Waals surface area (Å²) in [6.07, 6.45) is 3.52. The first-order chi connectivity index (χ1) is 6.84. The van der Waals surface area contributed by atoms with Crippen LogP contribution in [-0.4, -0.2) is 15.9 Å². The van der Waals surface area contributed by atoms with Gasteiger partial charge < -0.3 is 5.11 Å². The summed E-state index contributed by atoms with van der Waals surface area (Å²) in [5.41, 5.74) is 0. The van der Waals surface area contributed by atoms with E-state index < -0.39 is 4.70 Å². The molecule has 0 aromatic rings. The smallest absolute Gasteiger partial charge is 0.313 e. The van der Waals surface area contributed by atoms with Crippen molar-refractivity contribution in [3.8, 4) is 0 Å². The Labute approximate surface area is 102 Å². The fourth-order valence-electron chi connectivity index (χ4n) is 2.15. The topological polar surface area (TPSA) is 37.3 Å². The molecule has 90 valence electrons. The first-order valence-electron chi connectivity index (χ1n) is 5.37. The molecule has 3 unspecified atom stereocenters. The van der Waals surface area contributed by atoms with E-state index in [-0.39, 0.29) is 6.10 Å². The SMILES string of the molecule is CC1CCC(C(C)C)C(O)C1.O=C(Cl)Cl. The molecule has 1 saturated carbocycles. The van der Waals surface area contributed by atoms with E-state index in [9.17, 15) is 5.11 Å². The van der Waals surface area contributed by atoms with E-state index in [1.807, 2.05) is 0 Å². The van der Waals surface area contributed by atoms with Gasteiger partial charge in [0.25, 0.3) is 0 Å². The number of carbonyl (C=O) groups is 1. The largest absolute Gasteiger partial charge is 0.393 e. The summed E-state index contributed by atoms with van der Waals surface area (Å²) in [5.74, 6) is 1.95. The van der Waals surface area contributed by atoms with Crippen molar-refractivity contribution in [2.24, 2.45) is 17.8 Å². The number of rotatable bonds is 1. The van der Waals surface area contributed by atoms with E-state index in [1.165, 1.54) is 12.8 Å². The highest BCUT2D eigenvalue weighted by atomic mass is 35.5. The molecule has 0 radical (unpaired) electrons. The first-order valence-corrected chi connectivity index (χ1v) is 6.13. The highest BCUT2D eigenvalue weighted by Gasteiger charge is 2.28. The molecule has 2 nitrogen and oxygen atoms in total. The van der Waals surface area contributed by atoms with Crippen molar-refractivity contribution in [3.05, 3.63) is 0 Å². The minimum Gasteiger partial charge on any atom is -0.393 e. The summed E-state index contributed by atoms with van der Waals surface area (Å²) in [4.78, 5) is 8.98. The van der Waals surface area contributed by atoms with Crippen molar-refractivity contribution in [1.82, 2.24) is 0 Å². The van der Waals surface area contributed by atoms with Crippen LogP contribution in [0, 0.1) is 17.8 Å². The van der Waals surface area contributed by atoms with Crippen LogP contribution in [0.4, 0.5) is 4.79 Å². The van der Waals surface area contributed by atoms with Crippen molar-refractivity contribution in [2.75, 3.05) is 0 Å². The molecule has 4 heteroatoms. The molecule has 0 bridgehead atoms. The third-order valence-electron chi connectivity index (χ3n) is 2.99. The summed E-state index contributed by atoms with van der Waals surface area (Å²) in [5, 5.41) is 9.71. The van der Waals surface area contributed by atoms with Gasteiger partial charge in [0.15, 0.2) is 0 Å². The molecule has 1 fully saturated rings. The average Bonchev–Trinajstić information content (AvgIpc) is 2.01. The van der Waals surface area contributed by atoms with Crippen LogP contribution in [0.15, 0.2) is 0 Å². The molecule has 1 N–H and O–H groups in total. The van der Waals surface area contributed by atoms with Gasteiger partial charge in [-0.05, 0) is 53.8 Å². The summed E-state index contributed by atoms with van der Waals surface area (Å²) in [6, 6.07) is 0. The molecule has 0 heterocycles. The van der Waals surface area contributed by atoms with Crippen LogP contribution >= 0.6 is 23.2 Å². The van der Waals surface area contributed by atoms with E-state index in [4.69, 9.17) is 4.79 Å². The zero-order chi connectivity index (χ0) is 12.0. The number of aliphatic hydroxyl groups excluding tert-OH is 1. The minimum atomic E-state index is -0.889. The maximum atomic E-state index is 9.71. The van der Waals surface area contributed by atoms with Crippen molar-refractivity contribution in [2.45, 2.75) is 46.1 Å². The second-order valence-corrected chi connectivity index (χ2v) is 5.50. The third-order valence-corrected chi connectivity index (χ3v) is 2.99. The van der Waals surface area contributed by atoms with Crippen LogP contribution in [0.5, 0.6) is 0 Å². The molecule has 0 spiro atoms. The van der Waals surface area contributed by atoms with Crippen LogP contribution < -0.4 is 0 Å². The second-order valence-electron chi connectivity index (χ2n) is 4.62. The quantitative estimate of drug-likeness (QED) is 0.718. The molecule has 0 amide bonds. The van der Waals surface area contributed by atoms with E-state index in [2.05, 4.69) is 44.0 Å². The summed E-state index contributed by atoms with van der Waals surface area (Å²) >= 11 is 8.80. The van der Waals surface area contributed by atoms with Crippen molar-refractivity contribution in [1.29, 1.82) is 0 Å². The van der Waals surface area contributed by atoms with E-state index in [1.54, 1.807) is 0 Å². The lowest BCUT2D eigenvalue weighted by Crippen LogP contribution is -2.31. The standard InChI is InChI=1S/C10H20O.CCl2O/c1-7(2)9-5-4-8(3)6-10(9)11;2-1(3)4/h7-11H,4-6H2,1-3H3;. The minimum absolute atomic E-state index is 0.0289. The molecular weight excluding hydrogens is 235 g/mol. The van der Waals surface area contributed by atoms with E-state index in [0.29, 0.717) is 11.8 Å². The predicted molar refractivity (Wildman–Crippen MR) is 64.5 cm³/mol. The molecule has 1 aliphatic rings. The van der Waals surface area contributed by atoms with Crippen LogP contribution in [0.1, 0.15) is 40.0 Å². The maximum Gasteiger partial charge on any atom is 0.313 e. The zero-order valence-electron chi connectivity index (χ0n) is 9.54. The molecule has 1 aliphatic carbocycles. The number of hydrogen-bond acceptors (Lipinski definition) is 2. The Hall–Kier alpha value is 0.210. The normalized spacial score (nSPS) is 30.7. The molecule has 1 rings (SSSR count). The van der Waals surface area contributed by atoms with Gasteiger partial charge in [-0.25, -0.2) is 0 Å². The predicted octanol–water partition coefficient (Wildman–Crippen LogP) is 4.02. The molecular formula is C11H20Cl2O2. The Morgan fingerprint density at radius 1 is 1.33 bits per heavy atom. The Kier molecular flexibility index (Phi) is 7.58. The molecule has 3 atom stereocenters. The van der Waals surface area contributed by atoms with Crippen LogP contribution in [0.2, 0.25) is 0 Å². The molecule has 0 saturated heterocycles. The van der Waals surface area contributed by atoms with Crippen LogP contribution in [-0.2, 0) is 0 Å². The molecule has 0 aromatic heterocycles. The number of aliphatic hydroxyl groups is 1. The van der Waals surface area contributed by atoms with Crippen LogP contribution in [0.3, 0.4) is 0 Å². The summed E-state index contributed by atoms with van der Waals surface area (Å²) in [6.45, 7) is 6.66. The first kappa shape index (κ1) is 15.2. The van der Waals surface area contributed by atoms with Gasteiger partial charge in [-0.15, -0.1) is 0 Å². The number of hydrogen-bond donors (Lipinski definition) is 1. The van der Waals surface area contributed by atoms with Crippen molar-refractivity contribution >= 4 is 27.9 Å². The van der Waals surface area contributed by atoms with Gasteiger partial charge >= 0.3 is 4.70 Å². The van der Waals surface area contributed by atoms with Crippen LogP contribution in [0.25, 0.3) is 0 Å². The third kappa shape index (κ3) is 7.15. The lowest BCUT2D eigenvalue weighted by molar-refractivity contribution is 0.0266. The Bertz CT molecular complexity index is 191. The molecule has 15 heavy (non-hydrogen) atoms. The fraction of sp³-hybridized carbons (Fsp3) is 0.909. The highest BCUT2D eigenvalue weighted by molar-refractivity contribution is 6.93. The molecule has 0 aliphatic heterocycles. The Balaban J connectivity index is 0.000000423. The van der Waals surface area contributed by atoms with Gasteiger partial charge in [0, 0.05) is 0 Å². The fourth-order valence-corrected chi connectivity index (χ4v) is 2.15. The van der Waals surface area contributed by atoms with Gasteiger partial charge in [-0.1, -0.05) is 27.2 Å². The van der Waals surface area contributed by atoms with E-state index >= 15 is 0 Å². The summed E-state index contributed by atoms with van der Waals surface area (Å²) < 4.78 is -0.889. The highest BCUT2D eigenvalue weighted by Crippen LogP contribution is 2.33. The Morgan fingerprint density at radius 2 is 1.80 bits per heavy atom. The van der Waals surface area contributed by atoms with Crippen molar-refractivity contribution in [3.63, 3.8) is 0 Å². The van der Waals surface area contributed by atoms with Gasteiger partial charge in [-0.3, -0.25) is 4.79 Å². The maximum absolute atomic E-state index is 9.71. The molecule has 0 aromatic carbocycles. The van der Waals surface area contributed by atoms with Gasteiger partial charge in [0.05, 0.1) is 6.10 Å². The average molecular weight is 255 g/mol. The van der Waals surface area contributed by atoms with Gasteiger partial charge in [0.1, 0.15) is 0 Å². The number of carbonyl (C=O) groups excluding carboxylic acids is 1. The van der Waals surface area contributed by atoms with Gasteiger partial charge in [0.2, 0.25) is 0 Å². The lowest BCUT2D eigenvalue weighted by Gasteiger charge is -2.33. The second kappa shape index (κ2) is 7.48. The monoisotopic (exact) mass is 254 g/mol. The van der Waals surface area contributed by atoms with Gasteiger partial charge in [-0.2, -0.15) is 0 Å². The Morgan fingerprint density at radius 3 is 2.13 bits per heavy atom. The number of halogens is 2. The van der Waals surface area contributed by atoms with E-state index in [0.717, 1.165) is 12.3 Å². The van der Waals surface area contributed by atoms with Crippen molar-refractivity contribution < 1.29 is 9.90 Å².